The minimum absolute atomic E-state index is 0.0102. The van der Waals surface area contributed by atoms with Crippen molar-refractivity contribution < 1.29 is 22.7 Å². The molecule has 13 heteroatoms. The molecule has 3 aromatic rings. The molecule has 1 aromatic heterocycles. The van der Waals surface area contributed by atoms with E-state index >= 15 is 0 Å². The molecule has 0 fully saturated rings. The highest BCUT2D eigenvalue weighted by Gasteiger charge is 2.36. The largest absolute Gasteiger partial charge is 0.469 e. The third-order valence-electron chi connectivity index (χ3n) is 5.16. The lowest BCUT2D eigenvalue weighted by molar-refractivity contribution is -0.119. The Balaban J connectivity index is 1.72. The number of sulfonamides is 1. The molecule has 1 aliphatic rings. The Hall–Kier alpha value is -3.05. The number of nitrogens with one attached hydrogen (secondary N) is 2. The first kappa shape index (κ1) is 26.0. The molecule has 0 unspecified atom stereocenters. The van der Waals surface area contributed by atoms with Crippen molar-refractivity contribution in [3.63, 3.8) is 0 Å². The number of amides is 2. The van der Waals surface area contributed by atoms with Crippen LogP contribution in [0.15, 0.2) is 59.6 Å². The van der Waals surface area contributed by atoms with Crippen molar-refractivity contribution in [1.29, 1.82) is 0 Å². The highest BCUT2D eigenvalue weighted by atomic mass is 35.5. The van der Waals surface area contributed by atoms with Crippen molar-refractivity contribution in [2.45, 2.75) is 17.9 Å². The zero-order valence-corrected chi connectivity index (χ0v) is 21.7. The summed E-state index contributed by atoms with van der Waals surface area (Å²) in [6.07, 6.45) is 0.595. The summed E-state index contributed by atoms with van der Waals surface area (Å²) in [4.78, 5) is 28.4. The van der Waals surface area contributed by atoms with Crippen LogP contribution in [0.25, 0.3) is 0 Å². The monoisotopic (exact) mass is 568 g/mol. The fourth-order valence-corrected chi connectivity index (χ4v) is 5.87. The lowest BCUT2D eigenvalue weighted by atomic mass is 10.2. The molecule has 0 aliphatic carbocycles. The number of carbonyl (C=O) groups excluding carboxylic acids is 2. The number of nitrogens with zero attached hydrogens (tertiary/aromatic N) is 2. The van der Waals surface area contributed by atoms with E-state index in [0.29, 0.717) is 0 Å². The zero-order chi connectivity index (χ0) is 26.0. The summed E-state index contributed by atoms with van der Waals surface area (Å²) in [6, 6.07) is 11.9. The summed E-state index contributed by atoms with van der Waals surface area (Å²) in [5.41, 5.74) is 0.343. The van der Waals surface area contributed by atoms with Gasteiger partial charge in [0.2, 0.25) is 11.8 Å². The van der Waals surface area contributed by atoms with Crippen LogP contribution in [0.2, 0.25) is 15.1 Å². The average molecular weight is 570 g/mol. The minimum atomic E-state index is -4.12. The van der Waals surface area contributed by atoms with E-state index in [1.54, 1.807) is 12.1 Å². The van der Waals surface area contributed by atoms with Gasteiger partial charge in [0.1, 0.15) is 11.8 Å². The number of hydrogen-bond acceptors (Lipinski definition) is 6. The predicted molar refractivity (Wildman–Crippen MR) is 138 cm³/mol. The van der Waals surface area contributed by atoms with Crippen molar-refractivity contribution in [1.82, 2.24) is 10.3 Å². The van der Waals surface area contributed by atoms with E-state index in [1.165, 1.54) is 49.5 Å². The van der Waals surface area contributed by atoms with Gasteiger partial charge in [0.05, 0.1) is 45.5 Å². The van der Waals surface area contributed by atoms with Gasteiger partial charge in [0, 0.05) is 11.9 Å². The Bertz CT molecular complexity index is 1430. The number of ether oxygens (including phenoxy) is 1. The van der Waals surface area contributed by atoms with Crippen molar-refractivity contribution in [2.75, 3.05) is 22.7 Å². The lowest BCUT2D eigenvalue weighted by Crippen LogP contribution is -2.48. The maximum absolute atomic E-state index is 13.6. The molecule has 0 bridgehead atoms. The molecule has 2 heterocycles. The number of fused-ring (bicyclic) bond motifs is 1. The molecule has 1 atom stereocenters. The number of halogens is 3. The van der Waals surface area contributed by atoms with E-state index in [1.807, 2.05) is 0 Å². The first-order valence-electron chi connectivity index (χ1n) is 10.5. The van der Waals surface area contributed by atoms with Gasteiger partial charge >= 0.3 is 0 Å². The zero-order valence-electron chi connectivity index (χ0n) is 18.7. The first-order valence-corrected chi connectivity index (χ1v) is 13.1. The molecule has 0 spiro atoms. The summed E-state index contributed by atoms with van der Waals surface area (Å²) in [6.45, 7) is 1.27. The van der Waals surface area contributed by atoms with Crippen LogP contribution in [0, 0.1) is 0 Å². The third-order valence-corrected chi connectivity index (χ3v) is 7.80. The van der Waals surface area contributed by atoms with E-state index in [9.17, 15) is 18.0 Å². The normalized spacial score (nSPS) is 15.0. The summed E-state index contributed by atoms with van der Waals surface area (Å²) < 4.78 is 34.2. The molecule has 2 amide bonds. The lowest BCUT2D eigenvalue weighted by Gasteiger charge is -2.35. The van der Waals surface area contributed by atoms with Gasteiger partial charge < -0.3 is 15.4 Å². The summed E-state index contributed by atoms with van der Waals surface area (Å²) in [7, 11) is -4.12. The molecule has 2 N–H and O–H groups in total. The first-order chi connectivity index (χ1) is 17.1. The number of anilines is 2. The van der Waals surface area contributed by atoms with Crippen LogP contribution in [0.1, 0.15) is 17.3 Å². The summed E-state index contributed by atoms with van der Waals surface area (Å²) in [5.74, 6) is -0.884. The molecular weight excluding hydrogens is 551 g/mol. The Labute approximate surface area is 222 Å². The molecule has 188 valence electrons. The van der Waals surface area contributed by atoms with Crippen LogP contribution < -0.4 is 19.7 Å². The van der Waals surface area contributed by atoms with Gasteiger partial charge in [-0.2, -0.15) is 0 Å². The van der Waals surface area contributed by atoms with Crippen molar-refractivity contribution >= 4 is 68.0 Å². The topological polar surface area (TPSA) is 118 Å². The van der Waals surface area contributed by atoms with Crippen LogP contribution in [0.3, 0.4) is 0 Å². The Morgan fingerprint density at radius 2 is 1.81 bits per heavy atom. The van der Waals surface area contributed by atoms with Crippen LogP contribution in [0.4, 0.5) is 11.4 Å². The van der Waals surface area contributed by atoms with Crippen molar-refractivity contribution in [2.24, 2.45) is 0 Å². The van der Waals surface area contributed by atoms with Gasteiger partial charge in [0.25, 0.3) is 15.9 Å². The van der Waals surface area contributed by atoms with Gasteiger partial charge in [-0.1, -0.05) is 46.9 Å². The second-order valence-corrected chi connectivity index (χ2v) is 10.9. The number of carbonyl (C=O) groups is 2. The molecule has 4 rings (SSSR count). The standard InChI is InChI=1S/C23H19Cl3N4O5S/c1-13(31)27-11-16-12-30(36(33,34)17-5-2-4-14(24)8-17)20-9-15(10-28-23(20)35-16)29-22(32)21-18(25)6-3-7-19(21)26/h2-10,16H,11-12H2,1H3,(H,27,31)(H,29,32)/t16-/m0/s1. The molecule has 0 radical (unpaired) electrons. The Kier molecular flexibility index (Phi) is 7.60. The molecule has 0 saturated heterocycles. The van der Waals surface area contributed by atoms with Crippen LogP contribution >= 0.6 is 34.8 Å². The molecule has 1 aliphatic heterocycles. The highest BCUT2D eigenvalue weighted by Crippen LogP contribution is 2.37. The number of hydrogen-bond donors (Lipinski definition) is 2. The average Bonchev–Trinajstić information content (AvgIpc) is 2.82. The quantitative estimate of drug-likeness (QED) is 0.455. The second kappa shape index (κ2) is 10.5. The minimum Gasteiger partial charge on any atom is -0.469 e. The number of pyridine rings is 1. The van der Waals surface area contributed by atoms with Crippen molar-refractivity contribution in [3.05, 3.63) is 75.4 Å². The maximum Gasteiger partial charge on any atom is 0.264 e. The smallest absolute Gasteiger partial charge is 0.264 e. The summed E-state index contributed by atoms with van der Waals surface area (Å²) >= 11 is 18.3. The van der Waals surface area contributed by atoms with E-state index in [2.05, 4.69) is 15.6 Å². The van der Waals surface area contributed by atoms with E-state index in [-0.39, 0.29) is 61.8 Å². The molecule has 2 aromatic carbocycles. The molecule has 36 heavy (non-hydrogen) atoms. The maximum atomic E-state index is 13.6. The summed E-state index contributed by atoms with van der Waals surface area (Å²) in [5, 5.41) is 5.80. The van der Waals surface area contributed by atoms with E-state index in [4.69, 9.17) is 39.5 Å². The fraction of sp³-hybridized carbons (Fsp3) is 0.174. The van der Waals surface area contributed by atoms with Gasteiger partial charge in [0.15, 0.2) is 0 Å². The van der Waals surface area contributed by atoms with Gasteiger partial charge in [-0.3, -0.25) is 13.9 Å². The van der Waals surface area contributed by atoms with Crippen molar-refractivity contribution in [3.8, 4) is 5.88 Å². The highest BCUT2D eigenvalue weighted by molar-refractivity contribution is 7.92. The van der Waals surface area contributed by atoms with E-state index in [0.717, 1.165) is 4.31 Å². The molecular formula is C23H19Cl3N4O5S. The Morgan fingerprint density at radius 3 is 2.47 bits per heavy atom. The predicted octanol–water partition coefficient (Wildman–Crippen LogP) is 4.39. The molecule has 0 saturated carbocycles. The Morgan fingerprint density at radius 1 is 1.11 bits per heavy atom. The SMILES string of the molecule is CC(=O)NC[C@H]1CN(S(=O)(=O)c2cccc(Cl)c2)c2cc(NC(=O)c3c(Cl)cccc3Cl)cnc2O1. The number of benzene rings is 2. The number of aromatic nitrogens is 1. The van der Waals surface area contributed by atoms with Crippen LogP contribution in [-0.4, -0.2) is 44.4 Å². The van der Waals surface area contributed by atoms with Gasteiger partial charge in [-0.15, -0.1) is 0 Å². The van der Waals surface area contributed by atoms with E-state index < -0.39 is 22.0 Å². The van der Waals surface area contributed by atoms with Crippen LogP contribution in [-0.2, 0) is 14.8 Å². The van der Waals surface area contributed by atoms with Crippen LogP contribution in [0.5, 0.6) is 5.88 Å². The van der Waals surface area contributed by atoms with Gasteiger partial charge in [-0.05, 0) is 36.4 Å². The number of rotatable bonds is 6. The third kappa shape index (κ3) is 5.52. The second-order valence-electron chi connectivity index (χ2n) is 7.77. The molecule has 9 nitrogen and oxygen atoms in total. The van der Waals surface area contributed by atoms with Gasteiger partial charge in [-0.25, -0.2) is 13.4 Å². The fourth-order valence-electron chi connectivity index (χ4n) is 3.51.